The van der Waals surface area contributed by atoms with Crippen molar-refractivity contribution in [3.63, 3.8) is 0 Å². The summed E-state index contributed by atoms with van der Waals surface area (Å²) in [5.74, 6) is -0.303. The van der Waals surface area contributed by atoms with Gasteiger partial charge >= 0.3 is 0 Å². The Kier molecular flexibility index (Phi) is 9.74. The largest absolute Gasteiger partial charge is 0.508 e. The minimum absolute atomic E-state index is 0.0272. The molecular formula is C43H43ClN6O4. The number of hydrogen-bond acceptors (Lipinski definition) is 6. The molecule has 0 radical (unpaired) electrons. The summed E-state index contributed by atoms with van der Waals surface area (Å²) in [6, 6.07) is 26.2. The second-order valence-corrected chi connectivity index (χ2v) is 14.7. The summed E-state index contributed by atoms with van der Waals surface area (Å²) < 4.78 is 9.59. The Hall–Kier alpha value is -5.42. The molecule has 276 valence electrons. The number of halogens is 1. The number of hydrogen-bond donors (Lipinski definition) is 1. The summed E-state index contributed by atoms with van der Waals surface area (Å²) in [4.78, 5) is 40.5. The molecule has 1 N–H and O–H groups in total. The summed E-state index contributed by atoms with van der Waals surface area (Å²) in [5.41, 5.74) is 7.48. The fourth-order valence-corrected chi connectivity index (χ4v) is 8.15. The molecule has 0 unspecified atom stereocenters. The van der Waals surface area contributed by atoms with Gasteiger partial charge in [0.15, 0.2) is 0 Å². The van der Waals surface area contributed by atoms with Crippen molar-refractivity contribution < 1.29 is 19.4 Å². The molecule has 8 rings (SSSR count). The first-order valence-corrected chi connectivity index (χ1v) is 18.8. The first-order valence-electron chi connectivity index (χ1n) is 18.4. The van der Waals surface area contributed by atoms with Crippen LogP contribution in [0.2, 0.25) is 5.02 Å². The Bertz CT molecular complexity index is 2360. The Morgan fingerprint density at radius 3 is 2.48 bits per heavy atom. The second-order valence-electron chi connectivity index (χ2n) is 14.3. The fraction of sp³-hybridized carbons (Fsp3) is 0.279. The van der Waals surface area contributed by atoms with Gasteiger partial charge in [0.25, 0.3) is 11.8 Å². The zero-order valence-electron chi connectivity index (χ0n) is 30.7. The van der Waals surface area contributed by atoms with Crippen molar-refractivity contribution in [2.45, 2.75) is 32.4 Å². The van der Waals surface area contributed by atoms with Crippen LogP contribution in [0.1, 0.15) is 44.5 Å². The molecule has 6 aromatic rings. The van der Waals surface area contributed by atoms with Crippen LogP contribution in [0, 0.1) is 0 Å². The number of aromatic hydroxyl groups is 1. The van der Waals surface area contributed by atoms with Crippen molar-refractivity contribution in [1.82, 2.24) is 23.9 Å². The number of pyridine rings is 1. The number of ether oxygens (including phenoxy) is 1. The highest BCUT2D eigenvalue weighted by Crippen LogP contribution is 2.37. The Morgan fingerprint density at radius 2 is 1.70 bits per heavy atom. The molecule has 1 saturated heterocycles. The van der Waals surface area contributed by atoms with Gasteiger partial charge in [0, 0.05) is 87.0 Å². The fourth-order valence-electron chi connectivity index (χ4n) is 7.90. The van der Waals surface area contributed by atoms with Crippen molar-refractivity contribution in [1.29, 1.82) is 0 Å². The van der Waals surface area contributed by atoms with Gasteiger partial charge in [0.1, 0.15) is 11.4 Å². The van der Waals surface area contributed by atoms with Crippen molar-refractivity contribution in [3.8, 4) is 17.0 Å². The molecule has 1 fully saturated rings. The zero-order valence-corrected chi connectivity index (χ0v) is 31.5. The molecule has 11 heteroatoms. The van der Waals surface area contributed by atoms with Gasteiger partial charge in [-0.15, -0.1) is 0 Å². The molecule has 2 amide bonds. The van der Waals surface area contributed by atoms with E-state index in [-0.39, 0.29) is 23.6 Å². The molecule has 5 heterocycles. The summed E-state index contributed by atoms with van der Waals surface area (Å²) in [6.45, 7) is 6.25. The van der Waals surface area contributed by atoms with Crippen LogP contribution in [0.3, 0.4) is 0 Å². The van der Waals surface area contributed by atoms with Crippen molar-refractivity contribution in [2.24, 2.45) is 14.1 Å². The summed E-state index contributed by atoms with van der Waals surface area (Å²) in [7, 11) is 3.89. The third-order valence-electron chi connectivity index (χ3n) is 10.9. The predicted molar refractivity (Wildman–Crippen MR) is 212 cm³/mol. The zero-order chi connectivity index (χ0) is 37.5. The molecule has 0 saturated carbocycles. The van der Waals surface area contributed by atoms with E-state index in [0.717, 1.165) is 48.3 Å². The SMILES string of the molecule is C[C@@H]1Cc2ccccc2CN1C(=O)c1c(Cl)cccc1-c1cc(C(=O)N(c2ccc(O)cc2)c2cnc3c(ccn3C)c2)c(CCN2CCOCC2)n1C. The Balaban J connectivity index is 1.25. The molecule has 54 heavy (non-hydrogen) atoms. The molecule has 10 nitrogen and oxygen atoms in total. The average Bonchev–Trinajstić information content (AvgIpc) is 3.72. The summed E-state index contributed by atoms with van der Waals surface area (Å²) in [6.07, 6.45) is 4.98. The number of morpholine rings is 1. The number of nitrogens with zero attached hydrogens (tertiary/aromatic N) is 6. The number of rotatable bonds is 8. The van der Waals surface area contributed by atoms with E-state index in [1.165, 1.54) is 5.56 Å². The van der Waals surface area contributed by atoms with Gasteiger partial charge in [-0.05, 0) is 73.0 Å². The number of carbonyl (C=O) groups excluding carboxylic acids is 2. The average molecular weight is 743 g/mol. The molecule has 3 aromatic heterocycles. The molecule has 3 aromatic carbocycles. The highest BCUT2D eigenvalue weighted by Gasteiger charge is 2.33. The van der Waals surface area contributed by atoms with E-state index in [2.05, 4.69) is 24.0 Å². The van der Waals surface area contributed by atoms with Crippen LogP contribution in [0.15, 0.2) is 97.3 Å². The minimum atomic E-state index is -0.257. The number of benzene rings is 3. The van der Waals surface area contributed by atoms with Gasteiger partial charge in [-0.25, -0.2) is 4.98 Å². The second kappa shape index (κ2) is 14.8. The van der Waals surface area contributed by atoms with E-state index in [0.29, 0.717) is 65.0 Å². The van der Waals surface area contributed by atoms with Crippen LogP contribution in [-0.4, -0.2) is 79.7 Å². The lowest BCUT2D eigenvalue weighted by Crippen LogP contribution is -2.42. The predicted octanol–water partition coefficient (Wildman–Crippen LogP) is 7.38. The van der Waals surface area contributed by atoms with Gasteiger partial charge in [-0.3, -0.25) is 19.4 Å². The third-order valence-corrected chi connectivity index (χ3v) is 11.2. The number of aromatic nitrogens is 3. The molecular weight excluding hydrogens is 700 g/mol. The van der Waals surface area contributed by atoms with Crippen molar-refractivity contribution in [3.05, 3.63) is 130 Å². The maximum absolute atomic E-state index is 15.2. The lowest BCUT2D eigenvalue weighted by Gasteiger charge is -2.35. The number of amides is 2. The highest BCUT2D eigenvalue weighted by atomic mass is 35.5. The highest BCUT2D eigenvalue weighted by molar-refractivity contribution is 6.34. The number of anilines is 2. The monoisotopic (exact) mass is 742 g/mol. The van der Waals surface area contributed by atoms with Crippen LogP contribution < -0.4 is 4.90 Å². The van der Waals surface area contributed by atoms with E-state index in [1.54, 1.807) is 41.4 Å². The lowest BCUT2D eigenvalue weighted by atomic mass is 9.93. The molecule has 0 aliphatic carbocycles. The standard InChI is InChI=1S/C43H43ClN6O4/c1-28-23-29-7-4-5-8-31(29)27-49(28)43(53)40-35(9-6-10-37(40)44)39-25-36(38(47(39)3)16-18-48-19-21-54-22-20-48)42(52)50(32-11-13-34(51)14-12-32)33-24-30-15-17-46(2)41(30)45-26-33/h4-15,17,24-26,28,51H,16,18-23,27H2,1-3H3/t28-/m1/s1. The first-order chi connectivity index (χ1) is 26.2. The van der Waals surface area contributed by atoms with Crippen molar-refractivity contribution >= 4 is 45.8 Å². The van der Waals surface area contributed by atoms with E-state index in [4.69, 9.17) is 21.3 Å². The molecule has 1 atom stereocenters. The quantitative estimate of drug-likeness (QED) is 0.175. The van der Waals surface area contributed by atoms with E-state index in [9.17, 15) is 9.90 Å². The van der Waals surface area contributed by atoms with Gasteiger partial charge < -0.3 is 23.9 Å². The Labute approximate surface area is 319 Å². The molecule has 0 bridgehead atoms. The maximum Gasteiger partial charge on any atom is 0.264 e. The first kappa shape index (κ1) is 35.6. The van der Waals surface area contributed by atoms with Gasteiger partial charge in [0.2, 0.25) is 0 Å². The van der Waals surface area contributed by atoms with Gasteiger partial charge in [-0.2, -0.15) is 0 Å². The normalized spacial score (nSPS) is 16.1. The minimum Gasteiger partial charge on any atom is -0.508 e. The lowest BCUT2D eigenvalue weighted by molar-refractivity contribution is 0.0382. The molecule has 2 aliphatic rings. The van der Waals surface area contributed by atoms with Crippen LogP contribution in [0.5, 0.6) is 5.75 Å². The van der Waals surface area contributed by atoms with E-state index < -0.39 is 0 Å². The third kappa shape index (κ3) is 6.66. The van der Waals surface area contributed by atoms with Crippen LogP contribution in [0.4, 0.5) is 11.4 Å². The maximum atomic E-state index is 15.2. The topological polar surface area (TPSA) is 96.1 Å². The van der Waals surface area contributed by atoms with Gasteiger partial charge in [0.05, 0.1) is 41.2 Å². The van der Waals surface area contributed by atoms with Crippen LogP contribution in [-0.2, 0) is 38.2 Å². The summed E-state index contributed by atoms with van der Waals surface area (Å²) in [5, 5.41) is 11.4. The van der Waals surface area contributed by atoms with Gasteiger partial charge in [-0.1, -0.05) is 48.0 Å². The van der Waals surface area contributed by atoms with Crippen molar-refractivity contribution in [2.75, 3.05) is 37.7 Å². The smallest absolute Gasteiger partial charge is 0.264 e. The molecule has 0 spiro atoms. The number of aryl methyl sites for hydroxylation is 1. The number of phenols is 1. The molecule has 2 aliphatic heterocycles. The van der Waals surface area contributed by atoms with Crippen LogP contribution in [0.25, 0.3) is 22.3 Å². The van der Waals surface area contributed by atoms with E-state index in [1.807, 2.05) is 76.8 Å². The number of fused-ring (bicyclic) bond motifs is 2. The summed E-state index contributed by atoms with van der Waals surface area (Å²) >= 11 is 6.96. The number of phenolic OH excluding ortho intramolecular Hbond substituents is 1. The van der Waals surface area contributed by atoms with Crippen LogP contribution >= 0.6 is 11.6 Å². The van der Waals surface area contributed by atoms with E-state index >= 15 is 4.79 Å². The number of carbonyl (C=O) groups is 2. The Morgan fingerprint density at radius 1 is 0.944 bits per heavy atom.